The second-order valence-electron chi connectivity index (χ2n) is 6.75. The molecule has 0 aliphatic carbocycles. The van der Waals surface area contributed by atoms with Crippen LogP contribution in [0.15, 0.2) is 22.5 Å². The number of anilines is 1. The van der Waals surface area contributed by atoms with E-state index < -0.39 is 0 Å². The smallest absolute Gasteiger partial charge is 0.193 e. The number of rotatable bonds is 4. The molecule has 0 aromatic carbocycles. The molecule has 5 nitrogen and oxygen atoms in total. The summed E-state index contributed by atoms with van der Waals surface area (Å²) in [5.74, 6) is 1.83. The van der Waals surface area contributed by atoms with E-state index in [9.17, 15) is 0 Å². The minimum atomic E-state index is 0.753. The first kappa shape index (κ1) is 17.5. The van der Waals surface area contributed by atoms with Gasteiger partial charge >= 0.3 is 0 Å². The Morgan fingerprint density at radius 2 is 2.12 bits per heavy atom. The molecule has 0 radical (unpaired) electrons. The van der Waals surface area contributed by atoms with Crippen molar-refractivity contribution in [3.63, 3.8) is 0 Å². The van der Waals surface area contributed by atoms with Crippen molar-refractivity contribution in [1.82, 2.24) is 15.1 Å². The van der Waals surface area contributed by atoms with Gasteiger partial charge in [-0.1, -0.05) is 6.92 Å². The Bertz CT molecular complexity index is 507. The lowest BCUT2D eigenvalue weighted by Gasteiger charge is -2.38. The van der Waals surface area contributed by atoms with Crippen molar-refractivity contribution in [3.05, 3.63) is 17.5 Å². The van der Waals surface area contributed by atoms with Gasteiger partial charge in [0.25, 0.3) is 0 Å². The zero-order valence-electron chi connectivity index (χ0n) is 15.1. The maximum Gasteiger partial charge on any atom is 0.193 e. The second kappa shape index (κ2) is 8.72. The van der Waals surface area contributed by atoms with Crippen molar-refractivity contribution in [2.24, 2.45) is 10.9 Å². The first-order valence-electron chi connectivity index (χ1n) is 9.26. The van der Waals surface area contributed by atoms with Gasteiger partial charge < -0.3 is 20.0 Å². The average Bonchev–Trinajstić information content (AvgIpc) is 3.18. The van der Waals surface area contributed by atoms with E-state index >= 15 is 0 Å². The molecule has 0 amide bonds. The van der Waals surface area contributed by atoms with E-state index in [2.05, 4.69) is 49.4 Å². The number of hydrogen-bond donors (Lipinski definition) is 1. The van der Waals surface area contributed by atoms with Gasteiger partial charge in [-0.3, -0.25) is 4.99 Å². The van der Waals surface area contributed by atoms with Crippen LogP contribution in [-0.4, -0.2) is 75.2 Å². The molecule has 134 valence electrons. The number of hydrogen-bond acceptors (Lipinski definition) is 4. The van der Waals surface area contributed by atoms with Gasteiger partial charge in [-0.2, -0.15) is 0 Å². The molecule has 2 saturated heterocycles. The van der Waals surface area contributed by atoms with Crippen molar-refractivity contribution in [3.8, 4) is 0 Å². The van der Waals surface area contributed by atoms with Gasteiger partial charge in [0.15, 0.2) is 5.96 Å². The Hall–Kier alpha value is -1.27. The summed E-state index contributed by atoms with van der Waals surface area (Å²) in [7, 11) is 1.91. The molecule has 6 heteroatoms. The summed E-state index contributed by atoms with van der Waals surface area (Å²) < 4.78 is 0. The van der Waals surface area contributed by atoms with Gasteiger partial charge in [-0.15, -0.1) is 11.3 Å². The lowest BCUT2D eigenvalue weighted by molar-refractivity contribution is 0.182. The van der Waals surface area contributed by atoms with Crippen LogP contribution >= 0.6 is 11.3 Å². The van der Waals surface area contributed by atoms with Crippen LogP contribution in [0, 0.1) is 5.92 Å². The fraction of sp³-hybridized carbons (Fsp3) is 0.722. The highest BCUT2D eigenvalue weighted by molar-refractivity contribution is 7.14. The molecule has 1 aromatic heterocycles. The lowest BCUT2D eigenvalue weighted by atomic mass is 9.98. The van der Waals surface area contributed by atoms with Crippen LogP contribution in [0.2, 0.25) is 0 Å². The number of nitrogens with zero attached hydrogens (tertiary/aromatic N) is 4. The number of thiophene rings is 1. The second-order valence-corrected chi connectivity index (χ2v) is 7.68. The Morgan fingerprint density at radius 3 is 2.79 bits per heavy atom. The highest BCUT2D eigenvalue weighted by Crippen LogP contribution is 2.22. The van der Waals surface area contributed by atoms with E-state index in [-0.39, 0.29) is 0 Å². The molecule has 1 atom stereocenters. The number of nitrogens with one attached hydrogen (secondary N) is 1. The predicted octanol–water partition coefficient (Wildman–Crippen LogP) is 2.18. The molecule has 0 saturated carbocycles. The Morgan fingerprint density at radius 1 is 1.29 bits per heavy atom. The molecule has 3 rings (SSSR count). The van der Waals surface area contributed by atoms with E-state index in [0.29, 0.717) is 0 Å². The molecule has 1 N–H and O–H groups in total. The molecule has 2 aliphatic heterocycles. The molecule has 1 unspecified atom stereocenters. The summed E-state index contributed by atoms with van der Waals surface area (Å²) in [6, 6.07) is 4.35. The third-order valence-electron chi connectivity index (χ3n) is 5.21. The first-order chi connectivity index (χ1) is 11.8. The van der Waals surface area contributed by atoms with E-state index in [1.807, 2.05) is 18.4 Å². The number of likely N-dealkylation sites (tertiary alicyclic amines) is 1. The SMILES string of the molecule is CCN1CCCC(CNC(=NC)N2CCN(c3cccs3)CC2)C1. The molecule has 2 fully saturated rings. The van der Waals surface area contributed by atoms with Crippen molar-refractivity contribution >= 4 is 22.3 Å². The van der Waals surface area contributed by atoms with E-state index in [4.69, 9.17) is 0 Å². The van der Waals surface area contributed by atoms with E-state index in [0.717, 1.165) is 44.6 Å². The van der Waals surface area contributed by atoms with Gasteiger partial charge in [0, 0.05) is 46.3 Å². The topological polar surface area (TPSA) is 34.1 Å². The number of piperazine rings is 1. The lowest BCUT2D eigenvalue weighted by Crippen LogP contribution is -2.53. The summed E-state index contributed by atoms with van der Waals surface area (Å²) in [6.07, 6.45) is 2.67. The van der Waals surface area contributed by atoms with Crippen LogP contribution < -0.4 is 10.2 Å². The molecule has 1 aromatic rings. The minimum absolute atomic E-state index is 0.753. The predicted molar refractivity (Wildman–Crippen MR) is 104 cm³/mol. The Balaban J connectivity index is 1.45. The third-order valence-corrected chi connectivity index (χ3v) is 6.14. The largest absolute Gasteiger partial charge is 0.360 e. The minimum Gasteiger partial charge on any atom is -0.360 e. The van der Waals surface area contributed by atoms with Gasteiger partial charge in [-0.05, 0) is 49.4 Å². The van der Waals surface area contributed by atoms with E-state index in [1.54, 1.807) is 0 Å². The third kappa shape index (κ3) is 4.42. The van der Waals surface area contributed by atoms with Gasteiger partial charge in [0.05, 0.1) is 5.00 Å². The molecule has 0 spiro atoms. The van der Waals surface area contributed by atoms with Crippen LogP contribution in [0.3, 0.4) is 0 Å². The van der Waals surface area contributed by atoms with Crippen LogP contribution in [0.4, 0.5) is 5.00 Å². The zero-order chi connectivity index (χ0) is 16.8. The molecular formula is C18H31N5S. The summed E-state index contributed by atoms with van der Waals surface area (Å²) in [6.45, 7) is 11.2. The van der Waals surface area contributed by atoms with Crippen molar-refractivity contribution in [2.45, 2.75) is 19.8 Å². The highest BCUT2D eigenvalue weighted by Gasteiger charge is 2.22. The molecule has 24 heavy (non-hydrogen) atoms. The molecular weight excluding hydrogens is 318 g/mol. The zero-order valence-corrected chi connectivity index (χ0v) is 15.9. The first-order valence-corrected chi connectivity index (χ1v) is 10.1. The fourth-order valence-corrected chi connectivity index (χ4v) is 4.55. The maximum atomic E-state index is 4.53. The van der Waals surface area contributed by atoms with Crippen LogP contribution in [0.25, 0.3) is 0 Å². The number of guanidine groups is 1. The summed E-state index contributed by atoms with van der Waals surface area (Å²) in [5, 5.41) is 7.18. The number of aliphatic imine (C=N–C) groups is 1. The van der Waals surface area contributed by atoms with Crippen molar-refractivity contribution in [2.75, 3.05) is 64.3 Å². The quantitative estimate of drug-likeness (QED) is 0.667. The van der Waals surface area contributed by atoms with Crippen molar-refractivity contribution in [1.29, 1.82) is 0 Å². The van der Waals surface area contributed by atoms with Crippen LogP contribution in [-0.2, 0) is 0 Å². The Labute approximate surface area is 150 Å². The van der Waals surface area contributed by atoms with Gasteiger partial charge in [-0.25, -0.2) is 0 Å². The standard InChI is InChI=1S/C18H31N5S/c1-3-21-8-4-6-16(15-21)14-20-18(19-2)23-11-9-22(10-12-23)17-7-5-13-24-17/h5,7,13,16H,3-4,6,8-12,14-15H2,1-2H3,(H,19,20). The average molecular weight is 350 g/mol. The maximum absolute atomic E-state index is 4.53. The van der Waals surface area contributed by atoms with Gasteiger partial charge in [0.1, 0.15) is 0 Å². The normalized spacial score (nSPS) is 23.6. The van der Waals surface area contributed by atoms with E-state index in [1.165, 1.54) is 37.5 Å². The summed E-state index contributed by atoms with van der Waals surface area (Å²) >= 11 is 1.83. The fourth-order valence-electron chi connectivity index (χ4n) is 3.76. The summed E-state index contributed by atoms with van der Waals surface area (Å²) in [4.78, 5) is 12.0. The van der Waals surface area contributed by atoms with Crippen molar-refractivity contribution < 1.29 is 0 Å². The highest BCUT2D eigenvalue weighted by atomic mass is 32.1. The van der Waals surface area contributed by atoms with Crippen LogP contribution in [0.5, 0.6) is 0 Å². The summed E-state index contributed by atoms with van der Waals surface area (Å²) in [5.41, 5.74) is 0. The Kier molecular flexibility index (Phi) is 6.37. The monoisotopic (exact) mass is 349 g/mol. The van der Waals surface area contributed by atoms with Gasteiger partial charge in [0.2, 0.25) is 0 Å². The molecule has 2 aliphatic rings. The number of piperidine rings is 1. The molecule has 3 heterocycles. The van der Waals surface area contributed by atoms with Crippen LogP contribution in [0.1, 0.15) is 19.8 Å². The molecule has 0 bridgehead atoms.